The third kappa shape index (κ3) is 3.10. The minimum absolute atomic E-state index is 0.0704. The summed E-state index contributed by atoms with van der Waals surface area (Å²) in [6, 6.07) is 3.92. The van der Waals surface area contributed by atoms with Crippen molar-refractivity contribution in [3.05, 3.63) is 34.4 Å². The van der Waals surface area contributed by atoms with Crippen LogP contribution in [-0.2, 0) is 4.79 Å². The van der Waals surface area contributed by atoms with Crippen molar-refractivity contribution in [2.24, 2.45) is 11.1 Å². The third-order valence-corrected chi connectivity index (χ3v) is 3.50. The predicted molar refractivity (Wildman–Crippen MR) is 73.6 cm³/mol. The van der Waals surface area contributed by atoms with Gasteiger partial charge in [0.25, 0.3) is 0 Å². The lowest BCUT2D eigenvalue weighted by molar-refractivity contribution is -0.139. The fourth-order valence-electron chi connectivity index (χ4n) is 2.57. The van der Waals surface area contributed by atoms with Crippen molar-refractivity contribution in [1.29, 1.82) is 0 Å². The number of aryl methyl sites for hydroxylation is 3. The summed E-state index contributed by atoms with van der Waals surface area (Å²) < 4.78 is 0. The van der Waals surface area contributed by atoms with Gasteiger partial charge in [0.15, 0.2) is 0 Å². The zero-order valence-electron chi connectivity index (χ0n) is 11.9. The lowest BCUT2D eigenvalue weighted by Crippen LogP contribution is -2.32. The third-order valence-electron chi connectivity index (χ3n) is 3.50. The molecule has 0 amide bonds. The van der Waals surface area contributed by atoms with Gasteiger partial charge in [0, 0.05) is 6.04 Å². The van der Waals surface area contributed by atoms with Gasteiger partial charge in [-0.1, -0.05) is 31.5 Å². The monoisotopic (exact) mass is 249 g/mol. The smallest absolute Gasteiger partial charge is 0.303 e. The predicted octanol–water partition coefficient (Wildman–Crippen LogP) is 3.11. The van der Waals surface area contributed by atoms with Crippen LogP contribution in [0.4, 0.5) is 0 Å². The molecule has 18 heavy (non-hydrogen) atoms. The van der Waals surface area contributed by atoms with E-state index in [9.17, 15) is 4.79 Å². The topological polar surface area (TPSA) is 63.3 Å². The molecule has 0 saturated heterocycles. The molecule has 3 N–H and O–H groups in total. The van der Waals surface area contributed by atoms with Gasteiger partial charge >= 0.3 is 5.97 Å². The van der Waals surface area contributed by atoms with E-state index in [1.54, 1.807) is 0 Å². The molecule has 0 aromatic heterocycles. The summed E-state index contributed by atoms with van der Waals surface area (Å²) in [7, 11) is 0. The SMILES string of the molecule is Cc1cc(C)c(C(N)C(C)(C)CC(=O)O)c(C)c1. The number of aliphatic carboxylic acids is 1. The lowest BCUT2D eigenvalue weighted by Gasteiger charge is -2.32. The highest BCUT2D eigenvalue weighted by atomic mass is 16.4. The summed E-state index contributed by atoms with van der Waals surface area (Å²) in [5, 5.41) is 8.97. The summed E-state index contributed by atoms with van der Waals surface area (Å²) in [6.45, 7) is 9.94. The Kier molecular flexibility index (Phi) is 4.17. The van der Waals surface area contributed by atoms with Crippen LogP contribution in [0.2, 0.25) is 0 Å². The summed E-state index contributed by atoms with van der Waals surface area (Å²) in [4.78, 5) is 10.9. The van der Waals surface area contributed by atoms with E-state index in [2.05, 4.69) is 19.1 Å². The van der Waals surface area contributed by atoms with Gasteiger partial charge in [0.2, 0.25) is 0 Å². The summed E-state index contributed by atoms with van der Waals surface area (Å²) >= 11 is 0. The van der Waals surface area contributed by atoms with Crippen molar-refractivity contribution in [2.75, 3.05) is 0 Å². The number of carboxylic acid groups (broad SMARTS) is 1. The van der Waals surface area contributed by atoms with E-state index in [0.29, 0.717) is 0 Å². The van der Waals surface area contributed by atoms with Gasteiger partial charge in [-0.2, -0.15) is 0 Å². The number of hydrogen-bond donors (Lipinski definition) is 2. The highest BCUT2D eigenvalue weighted by molar-refractivity contribution is 5.67. The zero-order valence-corrected chi connectivity index (χ0v) is 11.9. The fraction of sp³-hybridized carbons (Fsp3) is 0.533. The van der Waals surface area contributed by atoms with Crippen LogP contribution in [0, 0.1) is 26.2 Å². The maximum atomic E-state index is 10.9. The maximum Gasteiger partial charge on any atom is 0.303 e. The van der Waals surface area contributed by atoms with Gasteiger partial charge in [0.1, 0.15) is 0 Å². The zero-order chi connectivity index (χ0) is 14.1. The highest BCUT2D eigenvalue weighted by Crippen LogP contribution is 2.37. The van der Waals surface area contributed by atoms with Gasteiger partial charge in [-0.3, -0.25) is 4.79 Å². The molecule has 0 radical (unpaired) electrons. The van der Waals surface area contributed by atoms with Gasteiger partial charge in [-0.15, -0.1) is 0 Å². The van der Waals surface area contributed by atoms with E-state index in [1.807, 2.05) is 27.7 Å². The Morgan fingerprint density at radius 3 is 2.11 bits per heavy atom. The molecule has 3 nitrogen and oxygen atoms in total. The van der Waals surface area contributed by atoms with Crippen molar-refractivity contribution in [3.8, 4) is 0 Å². The van der Waals surface area contributed by atoms with E-state index in [4.69, 9.17) is 10.8 Å². The van der Waals surface area contributed by atoms with Gasteiger partial charge < -0.3 is 10.8 Å². The van der Waals surface area contributed by atoms with Gasteiger partial charge in [-0.25, -0.2) is 0 Å². The molecular weight excluding hydrogens is 226 g/mol. The summed E-state index contributed by atoms with van der Waals surface area (Å²) in [6.07, 6.45) is 0.0704. The molecule has 0 saturated carbocycles. The molecule has 0 spiro atoms. The quantitative estimate of drug-likeness (QED) is 0.861. The Morgan fingerprint density at radius 1 is 1.28 bits per heavy atom. The van der Waals surface area contributed by atoms with Crippen molar-refractivity contribution in [1.82, 2.24) is 0 Å². The number of rotatable bonds is 4. The molecule has 0 aliphatic heterocycles. The van der Waals surface area contributed by atoms with Crippen LogP contribution in [0.15, 0.2) is 12.1 Å². The average molecular weight is 249 g/mol. The molecule has 3 heteroatoms. The minimum atomic E-state index is -0.808. The molecule has 1 rings (SSSR count). The van der Waals surface area contributed by atoms with E-state index in [1.165, 1.54) is 5.56 Å². The second-order valence-electron chi connectivity index (χ2n) is 5.85. The fourth-order valence-corrected chi connectivity index (χ4v) is 2.57. The van der Waals surface area contributed by atoms with Crippen LogP contribution in [0.3, 0.4) is 0 Å². The number of carboxylic acids is 1. The molecule has 0 aliphatic carbocycles. The molecule has 1 aromatic rings. The Labute approximate surface area is 109 Å². The average Bonchev–Trinajstić information content (AvgIpc) is 2.13. The van der Waals surface area contributed by atoms with E-state index in [0.717, 1.165) is 16.7 Å². The number of hydrogen-bond acceptors (Lipinski definition) is 2. The Bertz CT molecular complexity index is 441. The van der Waals surface area contributed by atoms with Crippen LogP contribution in [0.25, 0.3) is 0 Å². The summed E-state index contributed by atoms with van der Waals surface area (Å²) in [5.74, 6) is -0.808. The largest absolute Gasteiger partial charge is 0.481 e. The highest BCUT2D eigenvalue weighted by Gasteiger charge is 2.32. The van der Waals surface area contributed by atoms with Crippen LogP contribution >= 0.6 is 0 Å². The van der Waals surface area contributed by atoms with Crippen molar-refractivity contribution < 1.29 is 9.90 Å². The minimum Gasteiger partial charge on any atom is -0.481 e. The van der Waals surface area contributed by atoms with Crippen LogP contribution < -0.4 is 5.73 Å². The second-order valence-corrected chi connectivity index (χ2v) is 5.85. The molecule has 1 aromatic carbocycles. The maximum absolute atomic E-state index is 10.9. The van der Waals surface area contributed by atoms with E-state index < -0.39 is 11.4 Å². The van der Waals surface area contributed by atoms with Gasteiger partial charge in [-0.05, 0) is 42.9 Å². The first-order valence-electron chi connectivity index (χ1n) is 6.20. The Morgan fingerprint density at radius 2 is 1.72 bits per heavy atom. The molecule has 1 atom stereocenters. The van der Waals surface area contributed by atoms with E-state index in [-0.39, 0.29) is 12.5 Å². The molecule has 0 fully saturated rings. The van der Waals surface area contributed by atoms with Crippen molar-refractivity contribution in [2.45, 2.75) is 47.1 Å². The molecule has 1 unspecified atom stereocenters. The van der Waals surface area contributed by atoms with Gasteiger partial charge in [0.05, 0.1) is 6.42 Å². The Hall–Kier alpha value is -1.35. The first kappa shape index (κ1) is 14.7. The first-order valence-corrected chi connectivity index (χ1v) is 6.20. The molecule has 0 heterocycles. The molecular formula is C15H23NO2. The number of nitrogens with two attached hydrogens (primary N) is 1. The van der Waals surface area contributed by atoms with Crippen molar-refractivity contribution >= 4 is 5.97 Å². The number of carbonyl (C=O) groups is 1. The van der Waals surface area contributed by atoms with Crippen LogP contribution in [0.5, 0.6) is 0 Å². The lowest BCUT2D eigenvalue weighted by atomic mass is 9.76. The van der Waals surface area contributed by atoms with Crippen molar-refractivity contribution in [3.63, 3.8) is 0 Å². The second kappa shape index (κ2) is 5.11. The van der Waals surface area contributed by atoms with Crippen LogP contribution in [0.1, 0.15) is 48.6 Å². The normalized spacial score (nSPS) is 13.4. The number of benzene rings is 1. The van der Waals surface area contributed by atoms with E-state index >= 15 is 0 Å². The van der Waals surface area contributed by atoms with Crippen LogP contribution in [-0.4, -0.2) is 11.1 Å². The molecule has 100 valence electrons. The molecule has 0 bridgehead atoms. The molecule has 0 aliphatic rings. The Balaban J connectivity index is 3.18. The standard InChI is InChI=1S/C15H23NO2/c1-9-6-10(2)13(11(3)7-9)14(16)15(4,5)8-12(17)18/h6-7,14H,8,16H2,1-5H3,(H,17,18). The first-order chi connectivity index (χ1) is 8.15. The summed E-state index contributed by atoms with van der Waals surface area (Å²) in [5.41, 5.74) is 10.4.